The van der Waals surface area contributed by atoms with Crippen molar-refractivity contribution >= 4 is 23.1 Å². The zero-order chi connectivity index (χ0) is 10.8. The lowest BCUT2D eigenvalue weighted by molar-refractivity contribution is 1.01. The van der Waals surface area contributed by atoms with Crippen molar-refractivity contribution < 1.29 is 0 Å². The Bertz CT molecular complexity index is 562. The van der Waals surface area contributed by atoms with Crippen LogP contribution in [0, 0.1) is 0 Å². The number of para-hydroxylation sites is 2. The summed E-state index contributed by atoms with van der Waals surface area (Å²) in [6.45, 7) is 0. The summed E-state index contributed by atoms with van der Waals surface area (Å²) >= 11 is 0. The van der Waals surface area contributed by atoms with Gasteiger partial charge in [-0.1, -0.05) is 18.2 Å². The van der Waals surface area contributed by atoms with Crippen LogP contribution in [-0.4, -0.2) is 16.2 Å². The van der Waals surface area contributed by atoms with Gasteiger partial charge in [0.25, 0.3) is 0 Å². The third-order valence-corrected chi connectivity index (χ3v) is 2.36. The Morgan fingerprint density at radius 1 is 1.12 bits per heavy atom. The van der Waals surface area contributed by atoms with E-state index in [2.05, 4.69) is 15.1 Å². The van der Waals surface area contributed by atoms with Gasteiger partial charge in [-0.25, -0.2) is 9.99 Å². The molecule has 4 heteroatoms. The average Bonchev–Trinajstić information content (AvgIpc) is 2.39. The van der Waals surface area contributed by atoms with E-state index in [1.54, 1.807) is 11.2 Å². The van der Waals surface area contributed by atoms with Crippen LogP contribution in [0.25, 0.3) is 11.0 Å². The Labute approximate surface area is 92.9 Å². The molecule has 0 atom stereocenters. The number of fused-ring (bicyclic) bond motifs is 1. The van der Waals surface area contributed by atoms with Crippen molar-refractivity contribution in [2.24, 2.45) is 5.10 Å². The first-order valence-electron chi connectivity index (χ1n) is 5.13. The van der Waals surface area contributed by atoms with Crippen molar-refractivity contribution in [2.75, 3.05) is 5.01 Å². The molecule has 0 fully saturated rings. The number of allylic oxidation sites excluding steroid dienone is 1. The Balaban J connectivity index is 2.07. The molecule has 0 saturated carbocycles. The molecular formula is C12H10N4. The van der Waals surface area contributed by atoms with E-state index in [1.807, 2.05) is 42.8 Å². The zero-order valence-corrected chi connectivity index (χ0v) is 8.61. The van der Waals surface area contributed by atoms with Crippen molar-refractivity contribution in [1.82, 2.24) is 9.97 Å². The molecule has 0 saturated heterocycles. The van der Waals surface area contributed by atoms with E-state index >= 15 is 0 Å². The molecule has 0 aliphatic carbocycles. The molecule has 1 aliphatic rings. The highest BCUT2D eigenvalue weighted by Gasteiger charge is 2.06. The van der Waals surface area contributed by atoms with Crippen LogP contribution in [0.1, 0.15) is 6.42 Å². The van der Waals surface area contributed by atoms with Crippen molar-refractivity contribution in [3.63, 3.8) is 0 Å². The minimum Gasteiger partial charge on any atom is -0.251 e. The van der Waals surface area contributed by atoms with Crippen LogP contribution in [0.2, 0.25) is 0 Å². The van der Waals surface area contributed by atoms with E-state index in [0.29, 0.717) is 0 Å². The molecule has 0 radical (unpaired) electrons. The van der Waals surface area contributed by atoms with Crippen LogP contribution in [0.3, 0.4) is 0 Å². The fourth-order valence-electron chi connectivity index (χ4n) is 1.59. The number of benzene rings is 1. The number of hydrazone groups is 1. The molecule has 1 aromatic heterocycles. The summed E-state index contributed by atoms with van der Waals surface area (Å²) in [5, 5.41) is 5.95. The van der Waals surface area contributed by atoms with Gasteiger partial charge in [-0.05, 0) is 12.1 Å². The largest absolute Gasteiger partial charge is 0.251 e. The maximum Gasteiger partial charge on any atom is 0.172 e. The van der Waals surface area contributed by atoms with E-state index in [-0.39, 0.29) is 0 Å². The number of aromatic nitrogens is 2. The summed E-state index contributed by atoms with van der Waals surface area (Å²) in [5.74, 6) is 0.742. The number of anilines is 1. The monoisotopic (exact) mass is 210 g/mol. The van der Waals surface area contributed by atoms with Crippen molar-refractivity contribution in [2.45, 2.75) is 6.42 Å². The quantitative estimate of drug-likeness (QED) is 0.725. The van der Waals surface area contributed by atoms with Gasteiger partial charge in [-0.2, -0.15) is 5.10 Å². The van der Waals surface area contributed by atoms with Gasteiger partial charge in [0.15, 0.2) is 5.82 Å². The molecule has 1 aliphatic heterocycles. The van der Waals surface area contributed by atoms with Crippen LogP contribution in [-0.2, 0) is 0 Å². The number of rotatable bonds is 1. The predicted molar refractivity (Wildman–Crippen MR) is 64.3 cm³/mol. The molecule has 0 amide bonds. The predicted octanol–water partition coefficient (Wildman–Crippen LogP) is 2.34. The third-order valence-electron chi connectivity index (χ3n) is 2.36. The van der Waals surface area contributed by atoms with Crippen LogP contribution >= 0.6 is 0 Å². The molecule has 16 heavy (non-hydrogen) atoms. The molecule has 0 bridgehead atoms. The van der Waals surface area contributed by atoms with E-state index < -0.39 is 0 Å². The maximum absolute atomic E-state index is 4.50. The molecule has 78 valence electrons. The Kier molecular flexibility index (Phi) is 2.11. The summed E-state index contributed by atoms with van der Waals surface area (Å²) in [6, 6.07) is 7.80. The second-order valence-corrected chi connectivity index (χ2v) is 3.48. The van der Waals surface area contributed by atoms with E-state index in [1.165, 1.54) is 0 Å². The van der Waals surface area contributed by atoms with Crippen molar-refractivity contribution in [3.05, 3.63) is 42.7 Å². The fraction of sp³-hybridized carbons (Fsp3) is 0.0833. The smallest absolute Gasteiger partial charge is 0.172 e. The second-order valence-electron chi connectivity index (χ2n) is 3.48. The molecule has 1 aromatic carbocycles. The van der Waals surface area contributed by atoms with E-state index in [9.17, 15) is 0 Å². The molecule has 2 heterocycles. The minimum absolute atomic E-state index is 0.742. The van der Waals surface area contributed by atoms with Crippen LogP contribution in [0.5, 0.6) is 0 Å². The van der Waals surface area contributed by atoms with E-state index in [0.717, 1.165) is 23.3 Å². The summed E-state index contributed by atoms with van der Waals surface area (Å²) < 4.78 is 0. The number of hydrogen-bond donors (Lipinski definition) is 0. The first kappa shape index (κ1) is 9.03. The van der Waals surface area contributed by atoms with Gasteiger partial charge in [-0.3, -0.25) is 4.98 Å². The molecular weight excluding hydrogens is 200 g/mol. The first-order chi connectivity index (χ1) is 7.93. The Morgan fingerprint density at radius 3 is 2.81 bits per heavy atom. The minimum atomic E-state index is 0.742. The molecule has 0 unspecified atom stereocenters. The second kappa shape index (κ2) is 3.73. The molecule has 4 nitrogen and oxygen atoms in total. The summed E-state index contributed by atoms with van der Waals surface area (Å²) in [7, 11) is 0. The Morgan fingerprint density at radius 2 is 2.00 bits per heavy atom. The van der Waals surface area contributed by atoms with Gasteiger partial charge in [0.05, 0.1) is 17.2 Å². The fourth-order valence-corrected chi connectivity index (χ4v) is 1.59. The molecule has 0 spiro atoms. The average molecular weight is 210 g/mol. The highest BCUT2D eigenvalue weighted by atomic mass is 15.5. The SMILES string of the molecule is C1=CN(c2cnc3ccccc3n2)N=CC1. The normalized spacial score (nSPS) is 14.6. The van der Waals surface area contributed by atoms with Gasteiger partial charge >= 0.3 is 0 Å². The topological polar surface area (TPSA) is 41.4 Å². The summed E-state index contributed by atoms with van der Waals surface area (Å²) in [6.07, 6.45) is 8.38. The third kappa shape index (κ3) is 1.54. The summed E-state index contributed by atoms with van der Waals surface area (Å²) in [4.78, 5) is 8.84. The standard InChI is InChI=1S/C12H10N4/c1-2-6-11-10(5-1)13-9-12(15-11)16-8-4-3-7-14-16/h1-2,4-9H,3H2. The number of hydrogen-bond acceptors (Lipinski definition) is 4. The van der Waals surface area contributed by atoms with E-state index in [4.69, 9.17) is 0 Å². The molecule has 2 aromatic rings. The van der Waals surface area contributed by atoms with Crippen molar-refractivity contribution in [3.8, 4) is 0 Å². The molecule has 0 N–H and O–H groups in total. The summed E-state index contributed by atoms with van der Waals surface area (Å²) in [5.41, 5.74) is 1.78. The lowest BCUT2D eigenvalue weighted by atomic mass is 10.3. The highest BCUT2D eigenvalue weighted by Crippen LogP contribution is 2.16. The van der Waals surface area contributed by atoms with Gasteiger partial charge < -0.3 is 0 Å². The Hall–Kier alpha value is -2.23. The van der Waals surface area contributed by atoms with Crippen LogP contribution in [0.15, 0.2) is 47.8 Å². The lowest BCUT2D eigenvalue weighted by Gasteiger charge is -2.15. The van der Waals surface area contributed by atoms with Crippen LogP contribution in [0.4, 0.5) is 5.82 Å². The number of nitrogens with zero attached hydrogens (tertiary/aromatic N) is 4. The molecule has 3 rings (SSSR count). The maximum atomic E-state index is 4.50. The zero-order valence-electron chi connectivity index (χ0n) is 8.61. The van der Waals surface area contributed by atoms with Gasteiger partial charge in [0.2, 0.25) is 0 Å². The lowest BCUT2D eigenvalue weighted by Crippen LogP contribution is -2.12. The first-order valence-corrected chi connectivity index (χ1v) is 5.13. The van der Waals surface area contributed by atoms with Crippen LogP contribution < -0.4 is 5.01 Å². The van der Waals surface area contributed by atoms with Gasteiger partial charge in [-0.15, -0.1) is 0 Å². The highest BCUT2D eigenvalue weighted by molar-refractivity contribution is 5.76. The van der Waals surface area contributed by atoms with Gasteiger partial charge in [0, 0.05) is 18.8 Å². The van der Waals surface area contributed by atoms with Crippen molar-refractivity contribution in [1.29, 1.82) is 0 Å². The van der Waals surface area contributed by atoms with Gasteiger partial charge in [0.1, 0.15) is 0 Å².